The molecule has 0 N–H and O–H groups in total. The van der Waals surface area contributed by atoms with E-state index in [0.29, 0.717) is 5.56 Å². The van der Waals surface area contributed by atoms with Gasteiger partial charge in [-0.15, -0.1) is 0 Å². The van der Waals surface area contributed by atoms with Gasteiger partial charge in [-0.3, -0.25) is 9.59 Å². The summed E-state index contributed by atoms with van der Waals surface area (Å²) < 4.78 is 13.5. The normalized spacial score (nSPS) is 20.4. The second kappa shape index (κ2) is 8.76. The van der Waals surface area contributed by atoms with Gasteiger partial charge < -0.3 is 14.0 Å². The van der Waals surface area contributed by atoms with E-state index in [0.717, 1.165) is 68.6 Å². The average Bonchev–Trinajstić information content (AvgIpc) is 3.51. The van der Waals surface area contributed by atoms with Gasteiger partial charge in [0.25, 0.3) is 0 Å². The lowest BCUT2D eigenvalue weighted by Crippen LogP contribution is -2.35. The summed E-state index contributed by atoms with van der Waals surface area (Å²) >= 11 is 0. The Labute approximate surface area is 178 Å². The Balaban J connectivity index is 1.45. The van der Waals surface area contributed by atoms with Crippen LogP contribution >= 0.6 is 0 Å². The van der Waals surface area contributed by atoms with E-state index in [9.17, 15) is 9.59 Å². The molecule has 1 saturated carbocycles. The fraction of sp³-hybridized carbons (Fsp3) is 0.520. The highest BCUT2D eigenvalue weighted by Gasteiger charge is 2.44. The Morgan fingerprint density at radius 1 is 1.13 bits per heavy atom. The molecule has 1 atom stereocenters. The van der Waals surface area contributed by atoms with E-state index in [4.69, 9.17) is 9.47 Å². The zero-order chi connectivity index (χ0) is 21.1. The lowest BCUT2D eigenvalue weighted by atomic mass is 9.79. The Morgan fingerprint density at radius 2 is 1.87 bits per heavy atom. The number of hydrogen-bond donors (Lipinski definition) is 0. The van der Waals surface area contributed by atoms with E-state index in [1.165, 1.54) is 0 Å². The molecular weight excluding hydrogens is 378 g/mol. The zero-order valence-corrected chi connectivity index (χ0v) is 18.0. The molecule has 1 aliphatic heterocycles. The van der Waals surface area contributed by atoms with Gasteiger partial charge in [0.1, 0.15) is 0 Å². The molecule has 0 spiro atoms. The van der Waals surface area contributed by atoms with Crippen molar-refractivity contribution in [3.8, 4) is 0 Å². The number of ketones is 1. The van der Waals surface area contributed by atoms with Gasteiger partial charge in [0.2, 0.25) is 5.78 Å². The maximum absolute atomic E-state index is 13.1. The first kappa shape index (κ1) is 20.9. The number of hydrogen-bond acceptors (Lipinski definition) is 4. The van der Waals surface area contributed by atoms with Crippen molar-refractivity contribution in [1.29, 1.82) is 0 Å². The topological polar surface area (TPSA) is 57.5 Å². The van der Waals surface area contributed by atoms with Crippen molar-refractivity contribution in [2.24, 2.45) is 0 Å². The maximum Gasteiger partial charge on any atom is 0.317 e. The van der Waals surface area contributed by atoms with Crippen molar-refractivity contribution in [3.63, 3.8) is 0 Å². The number of aromatic nitrogens is 1. The highest BCUT2D eigenvalue weighted by Crippen LogP contribution is 2.42. The van der Waals surface area contributed by atoms with Gasteiger partial charge in [0, 0.05) is 30.1 Å². The largest absolute Gasteiger partial charge is 0.457 e. The van der Waals surface area contributed by atoms with Crippen LogP contribution in [0.3, 0.4) is 0 Å². The molecule has 0 bridgehead atoms. The molecule has 1 aromatic heterocycles. The van der Waals surface area contributed by atoms with Gasteiger partial charge in [-0.25, -0.2) is 0 Å². The van der Waals surface area contributed by atoms with Gasteiger partial charge in [0.05, 0.1) is 11.5 Å². The predicted octanol–water partition coefficient (Wildman–Crippen LogP) is 4.52. The Hall–Kier alpha value is -2.40. The molecule has 160 valence electrons. The first-order valence-corrected chi connectivity index (χ1v) is 11.1. The Kier molecular flexibility index (Phi) is 6.09. The summed E-state index contributed by atoms with van der Waals surface area (Å²) in [5.74, 6) is -0.413. The Bertz CT molecular complexity index is 903. The average molecular weight is 410 g/mol. The van der Waals surface area contributed by atoms with Gasteiger partial charge in [-0.1, -0.05) is 43.2 Å². The van der Waals surface area contributed by atoms with Crippen molar-refractivity contribution in [1.82, 2.24) is 4.57 Å². The van der Waals surface area contributed by atoms with Gasteiger partial charge in [-0.05, 0) is 51.2 Å². The third kappa shape index (κ3) is 3.95. The quantitative estimate of drug-likeness (QED) is 0.498. The monoisotopic (exact) mass is 409 g/mol. The van der Waals surface area contributed by atoms with Crippen molar-refractivity contribution in [2.75, 3.05) is 13.2 Å². The van der Waals surface area contributed by atoms with E-state index in [2.05, 4.69) is 4.57 Å². The number of esters is 1. The summed E-state index contributed by atoms with van der Waals surface area (Å²) in [7, 11) is 0. The number of Topliss-reactive ketones (excluding diaryl/α,β-unsaturated/α-hetero) is 1. The molecule has 4 rings (SSSR count). The lowest BCUT2D eigenvalue weighted by Gasteiger charge is -2.27. The van der Waals surface area contributed by atoms with Crippen LogP contribution in [-0.2, 0) is 26.2 Å². The zero-order valence-electron chi connectivity index (χ0n) is 18.0. The molecule has 2 aliphatic rings. The van der Waals surface area contributed by atoms with E-state index >= 15 is 0 Å². The number of aryl methyl sites for hydroxylation is 1. The minimum atomic E-state index is -0.613. The van der Waals surface area contributed by atoms with Crippen LogP contribution in [0.1, 0.15) is 65.8 Å². The van der Waals surface area contributed by atoms with Crippen molar-refractivity contribution < 1.29 is 19.1 Å². The van der Waals surface area contributed by atoms with Crippen LogP contribution in [-0.4, -0.2) is 35.6 Å². The second-order valence-electron chi connectivity index (χ2n) is 8.68. The molecule has 5 nitrogen and oxygen atoms in total. The first-order chi connectivity index (χ1) is 14.5. The summed E-state index contributed by atoms with van der Waals surface area (Å²) in [6.07, 6.45) is 5.92. The van der Waals surface area contributed by atoms with Crippen LogP contribution in [0.25, 0.3) is 0 Å². The highest BCUT2D eigenvalue weighted by atomic mass is 16.5. The molecule has 1 aliphatic carbocycles. The predicted molar refractivity (Wildman–Crippen MR) is 115 cm³/mol. The summed E-state index contributed by atoms with van der Waals surface area (Å²) in [5, 5.41) is 0. The first-order valence-electron chi connectivity index (χ1n) is 11.1. The summed E-state index contributed by atoms with van der Waals surface area (Å²) in [5.41, 5.74) is 2.98. The lowest BCUT2D eigenvalue weighted by molar-refractivity contribution is -0.149. The molecule has 2 fully saturated rings. The van der Waals surface area contributed by atoms with E-state index in [1.54, 1.807) is 0 Å². The van der Waals surface area contributed by atoms with Crippen LogP contribution < -0.4 is 0 Å². The molecule has 2 heterocycles. The van der Waals surface area contributed by atoms with Crippen LogP contribution in [0, 0.1) is 13.8 Å². The van der Waals surface area contributed by atoms with Crippen LogP contribution in [0.5, 0.6) is 0 Å². The van der Waals surface area contributed by atoms with Crippen LogP contribution in [0.2, 0.25) is 0 Å². The maximum atomic E-state index is 13.1. The molecule has 0 amide bonds. The fourth-order valence-electron chi connectivity index (χ4n) is 5.05. The molecule has 1 unspecified atom stereocenters. The molecule has 30 heavy (non-hydrogen) atoms. The van der Waals surface area contributed by atoms with Crippen LogP contribution in [0.15, 0.2) is 36.4 Å². The SMILES string of the molecule is Cc1cc(C(=O)COC(=O)C2(c3ccccc3)CCCC2)c(C)n1CC1CCCO1. The Morgan fingerprint density at radius 3 is 2.53 bits per heavy atom. The number of nitrogens with zero attached hydrogens (tertiary/aromatic N) is 1. The third-order valence-electron chi connectivity index (χ3n) is 6.79. The molecule has 2 aromatic rings. The second-order valence-corrected chi connectivity index (χ2v) is 8.68. The summed E-state index contributed by atoms with van der Waals surface area (Å²) in [4.78, 5) is 26.0. The third-order valence-corrected chi connectivity index (χ3v) is 6.79. The number of carbonyl (C=O) groups is 2. The fourth-order valence-corrected chi connectivity index (χ4v) is 5.05. The summed E-state index contributed by atoms with van der Waals surface area (Å²) in [6.45, 7) is 5.33. The molecule has 1 saturated heterocycles. The van der Waals surface area contributed by atoms with E-state index < -0.39 is 5.41 Å². The van der Waals surface area contributed by atoms with Crippen molar-refractivity contribution >= 4 is 11.8 Å². The molecule has 0 radical (unpaired) electrons. The van der Waals surface area contributed by atoms with Gasteiger partial charge in [-0.2, -0.15) is 0 Å². The number of rotatable bonds is 7. The smallest absolute Gasteiger partial charge is 0.317 e. The molecular formula is C25H31NO4. The summed E-state index contributed by atoms with van der Waals surface area (Å²) in [6, 6.07) is 11.8. The van der Waals surface area contributed by atoms with Gasteiger partial charge in [0.15, 0.2) is 6.61 Å². The highest BCUT2D eigenvalue weighted by molar-refractivity contribution is 5.99. The van der Waals surface area contributed by atoms with Crippen molar-refractivity contribution in [2.45, 2.75) is 70.4 Å². The minimum absolute atomic E-state index is 0.142. The molecule has 1 aromatic carbocycles. The van der Waals surface area contributed by atoms with Gasteiger partial charge >= 0.3 is 5.97 Å². The van der Waals surface area contributed by atoms with Crippen LogP contribution in [0.4, 0.5) is 0 Å². The standard InChI is InChI=1S/C25H31NO4/c1-18-15-22(19(2)26(18)16-21-11-8-14-29-21)23(27)17-30-24(28)25(12-6-7-13-25)20-9-4-3-5-10-20/h3-5,9-10,15,21H,6-8,11-14,16-17H2,1-2H3. The minimum Gasteiger partial charge on any atom is -0.457 e. The number of ether oxygens (including phenoxy) is 2. The number of carbonyl (C=O) groups excluding carboxylic acids is 2. The van der Waals surface area contributed by atoms with E-state index in [1.807, 2.05) is 50.2 Å². The molecule has 5 heteroatoms. The van der Waals surface area contributed by atoms with Crippen molar-refractivity contribution in [3.05, 3.63) is 58.9 Å². The van der Waals surface area contributed by atoms with E-state index in [-0.39, 0.29) is 24.5 Å². The number of benzene rings is 1.